The van der Waals surface area contributed by atoms with Crippen molar-refractivity contribution in [2.24, 2.45) is 5.92 Å². The largest absolute Gasteiger partial charge is 0.493 e. The van der Waals surface area contributed by atoms with Gasteiger partial charge >= 0.3 is 0 Å². The molecular formula is C25H31ClN2O4S. The molecule has 1 aliphatic rings. The first kappa shape index (κ1) is 25.2. The Bertz CT molecular complexity index is 1010. The van der Waals surface area contributed by atoms with Crippen molar-refractivity contribution in [2.45, 2.75) is 27.2 Å². The molecule has 0 radical (unpaired) electrons. The minimum Gasteiger partial charge on any atom is -0.493 e. The Kier molecular flexibility index (Phi) is 8.92. The maximum Gasteiger partial charge on any atom is 0.255 e. The zero-order chi connectivity index (χ0) is 24.0. The quantitative estimate of drug-likeness (QED) is 0.527. The van der Waals surface area contributed by atoms with E-state index in [4.69, 9.17) is 21.1 Å². The molecule has 0 atom stereocenters. The summed E-state index contributed by atoms with van der Waals surface area (Å²) in [6.45, 7) is 8.15. The molecule has 0 saturated carbocycles. The fourth-order valence-electron chi connectivity index (χ4n) is 3.47. The van der Waals surface area contributed by atoms with Gasteiger partial charge in [-0.05, 0) is 55.2 Å². The van der Waals surface area contributed by atoms with Gasteiger partial charge in [-0.25, -0.2) is 0 Å². The number of halogens is 1. The summed E-state index contributed by atoms with van der Waals surface area (Å²) in [5.74, 6) is 2.99. The molecule has 33 heavy (non-hydrogen) atoms. The second-order valence-electron chi connectivity index (χ2n) is 8.41. The van der Waals surface area contributed by atoms with Crippen molar-refractivity contribution in [3.63, 3.8) is 0 Å². The van der Waals surface area contributed by atoms with Gasteiger partial charge in [-0.3, -0.25) is 9.59 Å². The van der Waals surface area contributed by atoms with Crippen LogP contribution in [0.5, 0.6) is 11.5 Å². The number of nitrogens with zero attached hydrogens (tertiary/aromatic N) is 1. The molecule has 0 aromatic heterocycles. The smallest absolute Gasteiger partial charge is 0.255 e. The van der Waals surface area contributed by atoms with E-state index < -0.39 is 0 Å². The van der Waals surface area contributed by atoms with Crippen LogP contribution in [0.25, 0.3) is 0 Å². The zero-order valence-electron chi connectivity index (χ0n) is 19.6. The molecule has 1 N–H and O–H groups in total. The standard InChI is InChI=1S/C25H31ClN2O4S/c1-16(2)7-10-32-23-20(26)14-19(15-22(23)31-4)24(29)27-21-6-5-18(13-17(21)3)25(30)28-8-11-33-12-9-28/h5-6,13-16H,7-12H2,1-4H3,(H,27,29). The number of hydrogen-bond donors (Lipinski definition) is 1. The van der Waals surface area contributed by atoms with Gasteiger partial charge in [-0.15, -0.1) is 0 Å². The van der Waals surface area contributed by atoms with E-state index in [0.29, 0.717) is 45.9 Å². The molecule has 1 fully saturated rings. The second-order valence-corrected chi connectivity index (χ2v) is 10.0. The van der Waals surface area contributed by atoms with Crippen LogP contribution in [0.4, 0.5) is 5.69 Å². The van der Waals surface area contributed by atoms with Gasteiger partial charge < -0.3 is 19.7 Å². The van der Waals surface area contributed by atoms with E-state index in [1.165, 1.54) is 7.11 Å². The molecule has 3 rings (SSSR count). The lowest BCUT2D eigenvalue weighted by atomic mass is 10.1. The van der Waals surface area contributed by atoms with Gasteiger partial charge in [-0.1, -0.05) is 25.4 Å². The fraction of sp³-hybridized carbons (Fsp3) is 0.440. The summed E-state index contributed by atoms with van der Waals surface area (Å²) in [7, 11) is 1.52. The molecule has 0 bridgehead atoms. The molecule has 2 aromatic rings. The number of aryl methyl sites for hydroxylation is 1. The molecule has 0 aliphatic carbocycles. The minimum absolute atomic E-state index is 0.0286. The molecule has 0 unspecified atom stereocenters. The van der Waals surface area contributed by atoms with E-state index in [1.807, 2.05) is 29.7 Å². The second kappa shape index (κ2) is 11.7. The maximum atomic E-state index is 12.9. The summed E-state index contributed by atoms with van der Waals surface area (Å²) in [5.41, 5.74) is 2.44. The summed E-state index contributed by atoms with van der Waals surface area (Å²) in [4.78, 5) is 27.5. The van der Waals surface area contributed by atoms with E-state index in [0.717, 1.165) is 36.6 Å². The number of ether oxygens (including phenoxy) is 2. The van der Waals surface area contributed by atoms with Crippen molar-refractivity contribution in [2.75, 3.05) is 43.6 Å². The SMILES string of the molecule is COc1cc(C(=O)Nc2ccc(C(=O)N3CCSCC3)cc2C)cc(Cl)c1OCCC(C)C. The number of amides is 2. The van der Waals surface area contributed by atoms with Crippen molar-refractivity contribution < 1.29 is 19.1 Å². The highest BCUT2D eigenvalue weighted by atomic mass is 35.5. The Morgan fingerprint density at radius 2 is 1.88 bits per heavy atom. The Hall–Kier alpha value is -2.38. The summed E-state index contributed by atoms with van der Waals surface area (Å²) in [5, 5.41) is 3.23. The van der Waals surface area contributed by atoms with Gasteiger partial charge in [0.25, 0.3) is 11.8 Å². The van der Waals surface area contributed by atoms with Crippen LogP contribution in [0.2, 0.25) is 5.02 Å². The monoisotopic (exact) mass is 490 g/mol. The average Bonchev–Trinajstić information content (AvgIpc) is 2.80. The molecule has 0 spiro atoms. The van der Waals surface area contributed by atoms with E-state index >= 15 is 0 Å². The molecule has 178 valence electrons. The van der Waals surface area contributed by atoms with Gasteiger partial charge in [0, 0.05) is 41.4 Å². The Morgan fingerprint density at radius 3 is 2.52 bits per heavy atom. The van der Waals surface area contributed by atoms with Crippen LogP contribution in [-0.2, 0) is 0 Å². The Morgan fingerprint density at radius 1 is 1.15 bits per heavy atom. The van der Waals surface area contributed by atoms with Crippen molar-refractivity contribution in [3.8, 4) is 11.5 Å². The van der Waals surface area contributed by atoms with Crippen LogP contribution < -0.4 is 14.8 Å². The number of benzene rings is 2. The normalized spacial score (nSPS) is 13.7. The molecule has 2 aromatic carbocycles. The topological polar surface area (TPSA) is 67.9 Å². The van der Waals surface area contributed by atoms with Crippen molar-refractivity contribution in [3.05, 3.63) is 52.0 Å². The number of nitrogens with one attached hydrogen (secondary N) is 1. The molecule has 1 heterocycles. The number of hydrogen-bond acceptors (Lipinski definition) is 5. The fourth-order valence-corrected chi connectivity index (χ4v) is 4.64. The third kappa shape index (κ3) is 6.58. The third-order valence-corrected chi connectivity index (χ3v) is 6.68. The minimum atomic E-state index is -0.320. The van der Waals surface area contributed by atoms with Crippen LogP contribution in [0, 0.1) is 12.8 Å². The predicted octanol–water partition coefficient (Wildman–Crippen LogP) is 5.52. The van der Waals surface area contributed by atoms with Crippen molar-refractivity contribution in [1.82, 2.24) is 4.90 Å². The number of carbonyl (C=O) groups excluding carboxylic acids is 2. The summed E-state index contributed by atoms with van der Waals surface area (Å²) in [6.07, 6.45) is 0.885. The van der Waals surface area contributed by atoms with Crippen LogP contribution in [-0.4, -0.2) is 55.0 Å². The lowest BCUT2D eigenvalue weighted by Crippen LogP contribution is -2.37. The highest BCUT2D eigenvalue weighted by Gasteiger charge is 2.20. The summed E-state index contributed by atoms with van der Waals surface area (Å²) < 4.78 is 11.2. The Balaban J connectivity index is 1.72. The van der Waals surface area contributed by atoms with Gasteiger partial charge in [0.2, 0.25) is 0 Å². The summed E-state index contributed by atoms with van der Waals surface area (Å²) >= 11 is 8.27. The van der Waals surface area contributed by atoms with Crippen molar-refractivity contribution >= 4 is 40.9 Å². The Labute approximate surface area is 205 Å². The first-order valence-electron chi connectivity index (χ1n) is 11.1. The van der Waals surface area contributed by atoms with Crippen LogP contribution in [0.1, 0.15) is 46.5 Å². The number of rotatable bonds is 8. The molecule has 8 heteroatoms. The first-order chi connectivity index (χ1) is 15.8. The number of methoxy groups -OCH3 is 1. The first-order valence-corrected chi connectivity index (χ1v) is 12.6. The van der Waals surface area contributed by atoms with E-state index in [1.54, 1.807) is 24.3 Å². The van der Waals surface area contributed by atoms with Crippen LogP contribution in [0.3, 0.4) is 0 Å². The molecular weight excluding hydrogens is 460 g/mol. The molecule has 1 saturated heterocycles. The highest BCUT2D eigenvalue weighted by Crippen LogP contribution is 2.37. The van der Waals surface area contributed by atoms with E-state index in [9.17, 15) is 9.59 Å². The lowest BCUT2D eigenvalue weighted by molar-refractivity contribution is 0.0772. The lowest BCUT2D eigenvalue weighted by Gasteiger charge is -2.26. The van der Waals surface area contributed by atoms with Gasteiger partial charge in [0.1, 0.15) is 0 Å². The van der Waals surface area contributed by atoms with E-state index in [-0.39, 0.29) is 11.8 Å². The number of anilines is 1. The average molecular weight is 491 g/mol. The number of carbonyl (C=O) groups is 2. The third-order valence-electron chi connectivity index (χ3n) is 5.45. The molecule has 1 aliphatic heterocycles. The predicted molar refractivity (Wildman–Crippen MR) is 135 cm³/mol. The van der Waals surface area contributed by atoms with Gasteiger partial charge in [0.15, 0.2) is 11.5 Å². The van der Waals surface area contributed by atoms with Gasteiger partial charge in [-0.2, -0.15) is 11.8 Å². The maximum absolute atomic E-state index is 12.9. The van der Waals surface area contributed by atoms with E-state index in [2.05, 4.69) is 19.2 Å². The molecule has 2 amide bonds. The molecule has 6 nitrogen and oxygen atoms in total. The highest BCUT2D eigenvalue weighted by molar-refractivity contribution is 7.99. The van der Waals surface area contributed by atoms with Crippen LogP contribution >= 0.6 is 23.4 Å². The number of thioether (sulfide) groups is 1. The van der Waals surface area contributed by atoms with Gasteiger partial charge in [0.05, 0.1) is 18.7 Å². The zero-order valence-corrected chi connectivity index (χ0v) is 21.1. The summed E-state index contributed by atoms with van der Waals surface area (Å²) in [6, 6.07) is 8.53. The van der Waals surface area contributed by atoms with Crippen LogP contribution in [0.15, 0.2) is 30.3 Å². The van der Waals surface area contributed by atoms with Crippen molar-refractivity contribution in [1.29, 1.82) is 0 Å².